The maximum absolute atomic E-state index is 14.0. The third-order valence-electron chi connectivity index (χ3n) is 6.88. The van der Waals surface area contributed by atoms with E-state index in [1.807, 2.05) is 30.5 Å². The highest BCUT2D eigenvalue weighted by atomic mass is 19.1. The molecule has 0 saturated carbocycles. The van der Waals surface area contributed by atoms with Crippen molar-refractivity contribution in [2.24, 2.45) is 0 Å². The van der Waals surface area contributed by atoms with Crippen LogP contribution in [0, 0.1) is 0 Å². The van der Waals surface area contributed by atoms with Gasteiger partial charge in [0, 0.05) is 54.6 Å². The van der Waals surface area contributed by atoms with Crippen LogP contribution in [-0.2, 0) is 4.74 Å². The van der Waals surface area contributed by atoms with Crippen molar-refractivity contribution in [1.29, 1.82) is 0 Å². The van der Waals surface area contributed by atoms with Crippen LogP contribution in [0.5, 0.6) is 0 Å². The molecule has 2 atom stereocenters. The minimum absolute atomic E-state index is 0.133. The topological polar surface area (TPSA) is 76.3 Å². The highest BCUT2D eigenvalue weighted by Gasteiger charge is 2.34. The molecule has 33 heavy (non-hydrogen) atoms. The molecule has 0 spiro atoms. The molecule has 0 bridgehead atoms. The normalized spacial score (nSPS) is 22.8. The smallest absolute Gasteiger partial charge is 0.131 e. The van der Waals surface area contributed by atoms with Crippen molar-refractivity contribution < 1.29 is 9.13 Å². The van der Waals surface area contributed by atoms with Crippen LogP contribution >= 0.6 is 0 Å². The Morgan fingerprint density at radius 1 is 1.18 bits per heavy atom. The molecule has 168 valence electrons. The van der Waals surface area contributed by atoms with Gasteiger partial charge in [-0.1, -0.05) is 6.07 Å². The molecule has 3 aliphatic rings. The van der Waals surface area contributed by atoms with Crippen molar-refractivity contribution in [3.8, 4) is 11.1 Å². The van der Waals surface area contributed by atoms with E-state index in [0.717, 1.165) is 71.5 Å². The lowest BCUT2D eigenvalue weighted by Crippen LogP contribution is -2.57. The second-order valence-electron chi connectivity index (χ2n) is 8.86. The third-order valence-corrected chi connectivity index (χ3v) is 6.88. The van der Waals surface area contributed by atoms with E-state index in [0.29, 0.717) is 18.3 Å². The molecule has 0 amide bonds. The van der Waals surface area contributed by atoms with Gasteiger partial charge in [-0.15, -0.1) is 0 Å². The number of aromatic nitrogens is 2. The Labute approximate surface area is 192 Å². The van der Waals surface area contributed by atoms with E-state index in [9.17, 15) is 4.39 Å². The predicted octanol–water partition coefficient (Wildman–Crippen LogP) is 4.09. The van der Waals surface area contributed by atoms with E-state index in [4.69, 9.17) is 15.5 Å². The Balaban J connectivity index is 1.51. The molecule has 3 N–H and O–H groups in total. The minimum atomic E-state index is -0.188. The molecule has 2 aromatic heterocycles. The summed E-state index contributed by atoms with van der Waals surface area (Å²) in [5.74, 6) is 0.307. The average molecular weight is 444 g/mol. The Hall–Kier alpha value is -3.29. The van der Waals surface area contributed by atoms with Gasteiger partial charge in [0.15, 0.2) is 0 Å². The summed E-state index contributed by atoms with van der Waals surface area (Å²) < 4.78 is 20.1. The molecule has 1 aromatic carbocycles. The fourth-order valence-electron chi connectivity index (χ4n) is 5.24. The monoisotopic (exact) mass is 443 g/mol. The summed E-state index contributed by atoms with van der Waals surface area (Å²) in [4.78, 5) is 11.4. The molecule has 7 heteroatoms. The molecule has 6 rings (SSSR count). The van der Waals surface area contributed by atoms with Gasteiger partial charge in [0.1, 0.15) is 11.6 Å². The molecule has 2 fully saturated rings. The lowest BCUT2D eigenvalue weighted by Gasteiger charge is -2.43. The summed E-state index contributed by atoms with van der Waals surface area (Å²) in [5, 5.41) is 4.62. The quantitative estimate of drug-likeness (QED) is 0.635. The van der Waals surface area contributed by atoms with Crippen LogP contribution in [0.1, 0.15) is 18.4 Å². The van der Waals surface area contributed by atoms with Gasteiger partial charge >= 0.3 is 0 Å². The summed E-state index contributed by atoms with van der Waals surface area (Å²) >= 11 is 0. The van der Waals surface area contributed by atoms with Crippen molar-refractivity contribution in [3.05, 3.63) is 66.3 Å². The first-order chi connectivity index (χ1) is 16.2. The van der Waals surface area contributed by atoms with E-state index < -0.39 is 0 Å². The molecule has 2 aliphatic heterocycles. The fourth-order valence-corrected chi connectivity index (χ4v) is 5.24. The zero-order valence-electron chi connectivity index (χ0n) is 18.3. The summed E-state index contributed by atoms with van der Waals surface area (Å²) in [5.41, 5.74) is 12.0. The van der Waals surface area contributed by atoms with E-state index >= 15 is 0 Å². The van der Waals surface area contributed by atoms with Gasteiger partial charge in [0.25, 0.3) is 0 Å². The van der Waals surface area contributed by atoms with Crippen LogP contribution < -0.4 is 16.0 Å². The lowest BCUT2D eigenvalue weighted by atomic mass is 9.94. The number of nitrogens with two attached hydrogens (primary N) is 1. The summed E-state index contributed by atoms with van der Waals surface area (Å²) in [6.45, 7) is 3.31. The summed E-state index contributed by atoms with van der Waals surface area (Å²) in [6.07, 6.45) is 8.53. The maximum Gasteiger partial charge on any atom is 0.131 e. The Morgan fingerprint density at radius 3 is 2.97 bits per heavy atom. The van der Waals surface area contributed by atoms with Crippen molar-refractivity contribution in [2.75, 3.05) is 36.9 Å². The molecule has 3 aromatic rings. The molecule has 2 saturated heterocycles. The van der Waals surface area contributed by atoms with Crippen molar-refractivity contribution in [1.82, 2.24) is 15.3 Å². The predicted molar refractivity (Wildman–Crippen MR) is 130 cm³/mol. The minimum Gasteiger partial charge on any atom is -0.383 e. The Bertz CT molecular complexity index is 1290. The zero-order valence-corrected chi connectivity index (χ0v) is 18.3. The number of pyridine rings is 2. The number of nitrogen functional groups attached to an aromatic ring is 1. The first-order valence-corrected chi connectivity index (χ1v) is 11.5. The number of rotatable bonds is 3. The molecule has 1 aliphatic carbocycles. The number of piperidine rings is 1. The van der Waals surface area contributed by atoms with Crippen LogP contribution in [0.15, 0.2) is 60.7 Å². The first-order valence-electron chi connectivity index (χ1n) is 11.5. The SMILES string of the molecule is Nc1ncccc1-c1ccc2ncc(C3=CC(F)=CC3)c(N3CC[C@H]4NCCO[C@@H]4C3)c2c1. The van der Waals surface area contributed by atoms with Crippen LogP contribution in [0.25, 0.3) is 27.6 Å². The largest absolute Gasteiger partial charge is 0.383 e. The number of benzene rings is 1. The Kier molecular flexibility index (Phi) is 5.08. The Morgan fingerprint density at radius 2 is 2.12 bits per heavy atom. The van der Waals surface area contributed by atoms with Crippen molar-refractivity contribution in [3.63, 3.8) is 0 Å². The lowest BCUT2D eigenvalue weighted by molar-refractivity contribution is -0.00899. The molecule has 0 unspecified atom stereocenters. The molecular formula is C26H26FN5O. The number of morpholine rings is 1. The summed E-state index contributed by atoms with van der Waals surface area (Å²) in [7, 11) is 0. The van der Waals surface area contributed by atoms with Gasteiger partial charge < -0.3 is 20.7 Å². The molecule has 4 heterocycles. The van der Waals surface area contributed by atoms with Crippen molar-refractivity contribution >= 4 is 28.0 Å². The highest BCUT2D eigenvalue weighted by molar-refractivity contribution is 6.01. The zero-order chi connectivity index (χ0) is 22.4. The van der Waals surface area contributed by atoms with E-state index in [1.54, 1.807) is 18.3 Å². The molecule has 6 nitrogen and oxygen atoms in total. The second kappa shape index (κ2) is 8.24. The van der Waals surface area contributed by atoms with E-state index in [2.05, 4.69) is 21.3 Å². The van der Waals surface area contributed by atoms with Crippen molar-refractivity contribution in [2.45, 2.75) is 25.0 Å². The number of anilines is 2. The van der Waals surface area contributed by atoms with Crippen LogP contribution in [0.2, 0.25) is 0 Å². The van der Waals surface area contributed by atoms with Gasteiger partial charge in [0.05, 0.1) is 23.9 Å². The number of nitrogens with zero attached hydrogens (tertiary/aromatic N) is 3. The maximum atomic E-state index is 14.0. The fraction of sp³-hybridized carbons (Fsp3) is 0.308. The van der Waals surface area contributed by atoms with Gasteiger partial charge in [-0.25, -0.2) is 9.37 Å². The molecular weight excluding hydrogens is 417 g/mol. The first kappa shape index (κ1) is 20.3. The number of hydrogen-bond donors (Lipinski definition) is 2. The standard InChI is InChI=1S/C26H26FN5O/c27-18-5-3-16(12-18)21-14-31-22-6-4-17(19-2-1-8-30-26(19)28)13-20(22)25(21)32-10-7-23-24(15-32)33-11-9-29-23/h1-2,4-6,8,12-14,23-24,29H,3,7,9-11,15H2,(H2,28,30)/t23-,24-/m1/s1. The van der Waals surface area contributed by atoms with E-state index in [1.165, 1.54) is 0 Å². The highest BCUT2D eigenvalue weighted by Crippen LogP contribution is 2.41. The average Bonchev–Trinajstić information content (AvgIpc) is 3.29. The van der Waals surface area contributed by atoms with Crippen LogP contribution in [-0.4, -0.2) is 48.4 Å². The van der Waals surface area contributed by atoms with Crippen LogP contribution in [0.3, 0.4) is 0 Å². The third kappa shape index (κ3) is 3.67. The second-order valence-corrected chi connectivity index (χ2v) is 8.86. The van der Waals surface area contributed by atoms with Crippen LogP contribution in [0.4, 0.5) is 15.9 Å². The van der Waals surface area contributed by atoms with Gasteiger partial charge in [-0.05, 0) is 60.4 Å². The number of fused-ring (bicyclic) bond motifs is 2. The molecule has 0 radical (unpaired) electrons. The van der Waals surface area contributed by atoms with Gasteiger partial charge in [0.2, 0.25) is 0 Å². The number of halogens is 1. The van der Waals surface area contributed by atoms with E-state index in [-0.39, 0.29) is 11.9 Å². The van der Waals surface area contributed by atoms with Gasteiger partial charge in [-0.2, -0.15) is 0 Å². The number of allylic oxidation sites excluding steroid dienone is 4. The number of hydrogen-bond acceptors (Lipinski definition) is 6. The number of ether oxygens (including phenoxy) is 1. The number of nitrogens with one attached hydrogen (secondary N) is 1. The summed E-state index contributed by atoms with van der Waals surface area (Å²) in [6, 6.07) is 10.4. The van der Waals surface area contributed by atoms with Gasteiger partial charge in [-0.3, -0.25) is 4.98 Å².